The Morgan fingerprint density at radius 3 is 2.53 bits per heavy atom. The summed E-state index contributed by atoms with van der Waals surface area (Å²) < 4.78 is 59.5. The standard InChI is InChI=1S/C28H24ClF4NO4/c1-27(14-17-5-7-22(29)23(30)12-17)15-20-13-19(6-8-24(20)38-27)26(37)34(10-9-25(35)36)16-18-3-2-4-21(11-18)28(31,32)33/h2-8,11-13H,9-10,14-16H2,1H3,(H,35,36). The van der Waals surface area contributed by atoms with E-state index in [-0.39, 0.29) is 35.7 Å². The highest BCUT2D eigenvalue weighted by molar-refractivity contribution is 6.30. The molecule has 0 fully saturated rings. The van der Waals surface area contributed by atoms with Crippen LogP contribution in [0.5, 0.6) is 5.75 Å². The molecule has 200 valence electrons. The Bertz CT molecular complexity index is 1380. The van der Waals surface area contributed by atoms with E-state index in [0.717, 1.165) is 17.7 Å². The second-order valence-corrected chi connectivity index (χ2v) is 9.95. The van der Waals surface area contributed by atoms with Crippen molar-refractivity contribution in [2.24, 2.45) is 0 Å². The topological polar surface area (TPSA) is 66.8 Å². The van der Waals surface area contributed by atoms with Gasteiger partial charge in [0.1, 0.15) is 17.2 Å². The lowest BCUT2D eigenvalue weighted by molar-refractivity contribution is -0.138. The molecule has 0 saturated carbocycles. The predicted molar refractivity (Wildman–Crippen MR) is 133 cm³/mol. The first kappa shape index (κ1) is 27.4. The van der Waals surface area contributed by atoms with Crippen LogP contribution in [-0.4, -0.2) is 34.0 Å². The van der Waals surface area contributed by atoms with E-state index in [9.17, 15) is 27.2 Å². The van der Waals surface area contributed by atoms with Crippen LogP contribution in [0.25, 0.3) is 0 Å². The van der Waals surface area contributed by atoms with E-state index in [1.54, 1.807) is 18.2 Å². The molecule has 0 aromatic heterocycles. The molecule has 1 unspecified atom stereocenters. The van der Waals surface area contributed by atoms with Gasteiger partial charge in [0.05, 0.1) is 17.0 Å². The molecule has 1 amide bonds. The van der Waals surface area contributed by atoms with Crippen LogP contribution in [0.3, 0.4) is 0 Å². The van der Waals surface area contributed by atoms with Crippen molar-refractivity contribution in [2.75, 3.05) is 6.54 Å². The minimum Gasteiger partial charge on any atom is -0.487 e. The van der Waals surface area contributed by atoms with E-state index in [1.807, 2.05) is 6.92 Å². The molecule has 4 rings (SSSR count). The first-order valence-electron chi connectivity index (χ1n) is 11.8. The van der Waals surface area contributed by atoms with Crippen LogP contribution >= 0.6 is 11.6 Å². The number of aliphatic carboxylic acids is 1. The van der Waals surface area contributed by atoms with Crippen molar-refractivity contribution in [3.05, 3.63) is 99.3 Å². The Hall–Kier alpha value is -3.59. The molecule has 0 radical (unpaired) electrons. The lowest BCUT2D eigenvalue weighted by Gasteiger charge is -2.24. The van der Waals surface area contributed by atoms with Crippen LogP contribution in [0.15, 0.2) is 60.7 Å². The molecule has 0 aliphatic carbocycles. The van der Waals surface area contributed by atoms with Crippen molar-refractivity contribution in [3.8, 4) is 5.75 Å². The summed E-state index contributed by atoms with van der Waals surface area (Å²) in [6.07, 6.45) is -4.10. The molecule has 0 bridgehead atoms. The molecule has 1 heterocycles. The first-order valence-corrected chi connectivity index (χ1v) is 12.1. The number of carboxylic acids is 1. The number of ether oxygens (including phenoxy) is 1. The van der Waals surface area contributed by atoms with Crippen molar-refractivity contribution in [3.63, 3.8) is 0 Å². The number of nitrogens with zero attached hydrogens (tertiary/aromatic N) is 1. The third-order valence-corrected chi connectivity index (χ3v) is 6.61. The zero-order valence-electron chi connectivity index (χ0n) is 20.3. The summed E-state index contributed by atoms with van der Waals surface area (Å²) in [5, 5.41) is 9.16. The molecule has 3 aromatic rings. The zero-order valence-corrected chi connectivity index (χ0v) is 21.1. The van der Waals surface area contributed by atoms with E-state index in [0.29, 0.717) is 24.2 Å². The molecule has 1 atom stereocenters. The van der Waals surface area contributed by atoms with Crippen LogP contribution in [0.2, 0.25) is 5.02 Å². The third-order valence-electron chi connectivity index (χ3n) is 6.30. The largest absolute Gasteiger partial charge is 0.487 e. The lowest BCUT2D eigenvalue weighted by atomic mass is 9.91. The van der Waals surface area contributed by atoms with Gasteiger partial charge in [0.2, 0.25) is 0 Å². The molecule has 0 spiro atoms. The maximum absolute atomic E-state index is 13.9. The number of fused-ring (bicyclic) bond motifs is 1. The van der Waals surface area contributed by atoms with E-state index in [2.05, 4.69) is 0 Å². The number of hydrogen-bond acceptors (Lipinski definition) is 3. The summed E-state index contributed by atoms with van der Waals surface area (Å²) in [6, 6.07) is 13.9. The van der Waals surface area contributed by atoms with E-state index >= 15 is 0 Å². The fourth-order valence-electron chi connectivity index (χ4n) is 4.57. The lowest BCUT2D eigenvalue weighted by Crippen LogP contribution is -2.33. The van der Waals surface area contributed by atoms with Gasteiger partial charge in [-0.1, -0.05) is 29.8 Å². The van der Waals surface area contributed by atoms with Crippen molar-refractivity contribution >= 4 is 23.5 Å². The Morgan fingerprint density at radius 2 is 1.84 bits per heavy atom. The number of hydrogen-bond donors (Lipinski definition) is 1. The van der Waals surface area contributed by atoms with Gasteiger partial charge in [0.15, 0.2) is 0 Å². The van der Waals surface area contributed by atoms with Gasteiger partial charge in [0, 0.05) is 31.5 Å². The smallest absolute Gasteiger partial charge is 0.416 e. The summed E-state index contributed by atoms with van der Waals surface area (Å²) >= 11 is 5.77. The van der Waals surface area contributed by atoms with Gasteiger partial charge in [-0.15, -0.1) is 0 Å². The zero-order chi connectivity index (χ0) is 27.7. The van der Waals surface area contributed by atoms with Gasteiger partial charge in [-0.2, -0.15) is 13.2 Å². The fraction of sp³-hybridized carbons (Fsp3) is 0.286. The average Bonchev–Trinajstić information content (AvgIpc) is 3.18. The molecule has 5 nitrogen and oxygen atoms in total. The monoisotopic (exact) mass is 549 g/mol. The molecule has 1 aliphatic rings. The molecule has 10 heteroatoms. The molecule has 1 N–H and O–H groups in total. The fourth-order valence-corrected chi connectivity index (χ4v) is 4.68. The number of alkyl halides is 3. The van der Waals surface area contributed by atoms with Crippen LogP contribution in [0, 0.1) is 5.82 Å². The Kier molecular flexibility index (Phi) is 7.69. The highest BCUT2D eigenvalue weighted by atomic mass is 35.5. The SMILES string of the molecule is CC1(Cc2ccc(Cl)c(F)c2)Cc2cc(C(=O)N(CCC(=O)O)Cc3cccc(C(F)(F)F)c3)ccc2O1. The van der Waals surface area contributed by atoms with E-state index < -0.39 is 35.0 Å². The number of carboxylic acid groups (broad SMARTS) is 1. The van der Waals surface area contributed by atoms with Crippen LogP contribution < -0.4 is 4.74 Å². The molecule has 3 aromatic carbocycles. The minimum atomic E-state index is -4.55. The minimum absolute atomic E-state index is 0.0234. The number of rotatable bonds is 8. The summed E-state index contributed by atoms with van der Waals surface area (Å²) in [5.74, 6) is -1.62. The Labute approximate surface area is 221 Å². The molecule has 1 aliphatic heterocycles. The number of benzene rings is 3. The summed E-state index contributed by atoms with van der Waals surface area (Å²) in [6.45, 7) is 1.50. The predicted octanol–water partition coefficient (Wildman–Crippen LogP) is 6.55. The van der Waals surface area contributed by atoms with Crippen LogP contribution in [0.4, 0.5) is 17.6 Å². The molecule has 0 saturated heterocycles. The van der Waals surface area contributed by atoms with E-state index in [4.69, 9.17) is 21.4 Å². The molecule has 38 heavy (non-hydrogen) atoms. The van der Waals surface area contributed by atoms with Gasteiger partial charge in [0.25, 0.3) is 5.91 Å². The summed E-state index contributed by atoms with van der Waals surface area (Å²) in [5.41, 5.74) is 0.364. The first-order chi connectivity index (χ1) is 17.8. The van der Waals surface area contributed by atoms with Crippen molar-refractivity contribution in [1.29, 1.82) is 0 Å². The Morgan fingerprint density at radius 1 is 1.08 bits per heavy atom. The van der Waals surface area contributed by atoms with Crippen molar-refractivity contribution in [2.45, 2.75) is 44.5 Å². The number of halogens is 5. The third kappa shape index (κ3) is 6.45. The second kappa shape index (κ2) is 10.6. The average molecular weight is 550 g/mol. The highest BCUT2D eigenvalue weighted by Crippen LogP contribution is 2.38. The quantitative estimate of drug-likeness (QED) is 0.324. The van der Waals surface area contributed by atoms with Crippen molar-refractivity contribution < 1.29 is 37.0 Å². The maximum atomic E-state index is 13.9. The van der Waals surface area contributed by atoms with Gasteiger partial charge in [-0.05, 0) is 66.1 Å². The molecular weight excluding hydrogens is 526 g/mol. The van der Waals surface area contributed by atoms with Gasteiger partial charge < -0.3 is 14.7 Å². The van der Waals surface area contributed by atoms with Gasteiger partial charge in [-0.25, -0.2) is 4.39 Å². The van der Waals surface area contributed by atoms with E-state index in [1.165, 1.54) is 35.2 Å². The normalized spacial score (nSPS) is 16.6. The number of carbonyl (C=O) groups excluding carboxylic acids is 1. The van der Waals surface area contributed by atoms with Gasteiger partial charge >= 0.3 is 12.1 Å². The second-order valence-electron chi connectivity index (χ2n) is 9.55. The summed E-state index contributed by atoms with van der Waals surface area (Å²) in [4.78, 5) is 25.8. The number of carbonyl (C=O) groups is 2. The van der Waals surface area contributed by atoms with Crippen LogP contribution in [0.1, 0.15) is 46.0 Å². The Balaban J connectivity index is 1.54. The summed E-state index contributed by atoms with van der Waals surface area (Å²) in [7, 11) is 0. The molecular formula is C28H24ClF4NO4. The van der Waals surface area contributed by atoms with Crippen molar-refractivity contribution in [1.82, 2.24) is 4.90 Å². The maximum Gasteiger partial charge on any atom is 0.416 e. The number of amides is 1. The highest BCUT2D eigenvalue weighted by Gasteiger charge is 2.36. The van der Waals surface area contributed by atoms with Crippen LogP contribution in [-0.2, 0) is 30.4 Å². The van der Waals surface area contributed by atoms with Gasteiger partial charge in [-0.3, -0.25) is 9.59 Å².